The van der Waals surface area contributed by atoms with Crippen LogP contribution in [-0.4, -0.2) is 21.7 Å². The number of nitrogens with one attached hydrogen (secondary N) is 1. The Morgan fingerprint density at radius 2 is 2.26 bits per heavy atom. The Labute approximate surface area is 143 Å². The van der Waals surface area contributed by atoms with Gasteiger partial charge in [-0.05, 0) is 48.6 Å². The van der Waals surface area contributed by atoms with Crippen LogP contribution in [0.15, 0.2) is 22.8 Å². The van der Waals surface area contributed by atoms with Gasteiger partial charge < -0.3 is 14.8 Å². The molecule has 1 atom stereocenters. The van der Waals surface area contributed by atoms with Gasteiger partial charge in [0.05, 0.1) is 23.0 Å². The van der Waals surface area contributed by atoms with E-state index in [0.717, 1.165) is 28.0 Å². The van der Waals surface area contributed by atoms with E-state index in [1.165, 1.54) is 4.88 Å². The second-order valence-electron chi connectivity index (χ2n) is 5.59. The first-order valence-corrected chi connectivity index (χ1v) is 8.60. The standard InChI is InChI=1S/C16H18ClN3O2S/c1-9(8-21)6-12-10(2)13-14(23-12)15(20-16(17)19-13)18-7-11-4-3-5-22-11/h3-5,9,21H,6-8H2,1-2H3,(H,18,19,20)/t9-/m1/s1. The summed E-state index contributed by atoms with van der Waals surface area (Å²) in [5, 5.41) is 12.8. The fourth-order valence-electron chi connectivity index (χ4n) is 2.39. The van der Waals surface area contributed by atoms with Crippen molar-refractivity contribution in [3.05, 3.63) is 39.9 Å². The number of hydrogen-bond acceptors (Lipinski definition) is 6. The van der Waals surface area contributed by atoms with Gasteiger partial charge in [-0.25, -0.2) is 4.98 Å². The first kappa shape index (κ1) is 16.2. The summed E-state index contributed by atoms with van der Waals surface area (Å²) in [6.45, 7) is 4.77. The molecular formula is C16H18ClN3O2S. The van der Waals surface area contributed by atoms with Crippen LogP contribution in [0.3, 0.4) is 0 Å². The molecule has 0 bridgehead atoms. The minimum Gasteiger partial charge on any atom is -0.467 e. The van der Waals surface area contributed by atoms with Crippen molar-refractivity contribution in [1.82, 2.24) is 9.97 Å². The molecule has 2 N–H and O–H groups in total. The minimum atomic E-state index is 0.170. The third kappa shape index (κ3) is 3.49. The van der Waals surface area contributed by atoms with E-state index >= 15 is 0 Å². The van der Waals surface area contributed by atoms with Crippen molar-refractivity contribution >= 4 is 39.0 Å². The Morgan fingerprint density at radius 3 is 2.96 bits per heavy atom. The first-order chi connectivity index (χ1) is 11.1. The van der Waals surface area contributed by atoms with Gasteiger partial charge in [0.25, 0.3) is 0 Å². The number of nitrogens with zero attached hydrogens (tertiary/aromatic N) is 2. The molecule has 0 fully saturated rings. The highest BCUT2D eigenvalue weighted by Gasteiger charge is 2.17. The van der Waals surface area contributed by atoms with E-state index in [4.69, 9.17) is 16.0 Å². The second kappa shape index (κ2) is 6.86. The number of rotatable bonds is 6. The van der Waals surface area contributed by atoms with Gasteiger partial charge in [-0.3, -0.25) is 0 Å². The lowest BCUT2D eigenvalue weighted by atomic mass is 10.1. The third-order valence-corrected chi connectivity index (χ3v) is 5.17. The lowest BCUT2D eigenvalue weighted by Gasteiger charge is -2.05. The van der Waals surface area contributed by atoms with E-state index in [2.05, 4.69) is 15.3 Å². The third-order valence-electron chi connectivity index (χ3n) is 3.69. The van der Waals surface area contributed by atoms with E-state index in [-0.39, 0.29) is 17.8 Å². The highest BCUT2D eigenvalue weighted by molar-refractivity contribution is 7.19. The van der Waals surface area contributed by atoms with Crippen LogP contribution in [0.5, 0.6) is 0 Å². The summed E-state index contributed by atoms with van der Waals surface area (Å²) in [5.41, 5.74) is 1.98. The number of anilines is 1. The molecule has 0 aliphatic rings. The molecule has 0 aromatic carbocycles. The van der Waals surface area contributed by atoms with Gasteiger partial charge in [-0.15, -0.1) is 11.3 Å². The number of aryl methyl sites for hydroxylation is 1. The quantitative estimate of drug-likeness (QED) is 0.656. The molecule has 0 saturated carbocycles. The molecule has 0 spiro atoms. The van der Waals surface area contributed by atoms with Gasteiger partial charge in [0.15, 0.2) is 0 Å². The predicted molar refractivity (Wildman–Crippen MR) is 93.2 cm³/mol. The van der Waals surface area contributed by atoms with Crippen LogP contribution in [0.4, 0.5) is 5.82 Å². The second-order valence-corrected chi connectivity index (χ2v) is 7.04. The molecule has 0 saturated heterocycles. The Balaban J connectivity index is 1.95. The van der Waals surface area contributed by atoms with Crippen LogP contribution in [0.1, 0.15) is 23.1 Å². The summed E-state index contributed by atoms with van der Waals surface area (Å²) in [5.74, 6) is 1.76. The number of aliphatic hydroxyl groups is 1. The minimum absolute atomic E-state index is 0.170. The molecule has 3 rings (SSSR count). The fourth-order valence-corrected chi connectivity index (χ4v) is 3.93. The fraction of sp³-hybridized carbons (Fsp3) is 0.375. The average Bonchev–Trinajstić information content (AvgIpc) is 3.15. The maximum absolute atomic E-state index is 9.28. The Hall–Kier alpha value is -1.63. The number of aromatic nitrogens is 2. The summed E-state index contributed by atoms with van der Waals surface area (Å²) in [7, 11) is 0. The summed E-state index contributed by atoms with van der Waals surface area (Å²) in [6, 6.07) is 3.75. The van der Waals surface area contributed by atoms with Gasteiger partial charge in [-0.2, -0.15) is 4.98 Å². The molecule has 0 unspecified atom stereocenters. The highest BCUT2D eigenvalue weighted by atomic mass is 35.5. The van der Waals surface area contributed by atoms with Gasteiger partial charge >= 0.3 is 0 Å². The first-order valence-electron chi connectivity index (χ1n) is 7.41. The summed E-state index contributed by atoms with van der Waals surface area (Å²) in [6.07, 6.45) is 2.46. The lowest BCUT2D eigenvalue weighted by Crippen LogP contribution is -2.03. The van der Waals surface area contributed by atoms with Crippen molar-refractivity contribution < 1.29 is 9.52 Å². The van der Waals surface area contributed by atoms with E-state index < -0.39 is 0 Å². The summed E-state index contributed by atoms with van der Waals surface area (Å²) < 4.78 is 6.32. The van der Waals surface area contributed by atoms with E-state index in [9.17, 15) is 5.11 Å². The SMILES string of the molecule is Cc1c(C[C@@H](C)CO)sc2c(NCc3ccco3)nc(Cl)nc12. The molecule has 0 aliphatic heterocycles. The smallest absolute Gasteiger partial charge is 0.224 e. The van der Waals surface area contributed by atoms with Crippen molar-refractivity contribution in [3.8, 4) is 0 Å². The number of hydrogen-bond donors (Lipinski definition) is 2. The molecule has 5 nitrogen and oxygen atoms in total. The van der Waals surface area contributed by atoms with Crippen molar-refractivity contribution in [2.75, 3.05) is 11.9 Å². The number of fused-ring (bicyclic) bond motifs is 1. The Morgan fingerprint density at radius 1 is 1.43 bits per heavy atom. The normalized spacial score (nSPS) is 12.7. The topological polar surface area (TPSA) is 71.2 Å². The van der Waals surface area contributed by atoms with Crippen molar-refractivity contribution in [1.29, 1.82) is 0 Å². The number of thiophene rings is 1. The predicted octanol–water partition coefficient (Wildman–Crippen LogP) is 4.03. The molecule has 3 aromatic rings. The number of furan rings is 1. The number of aliphatic hydroxyl groups excluding tert-OH is 1. The summed E-state index contributed by atoms with van der Waals surface area (Å²) in [4.78, 5) is 9.90. The van der Waals surface area contributed by atoms with Crippen LogP contribution in [0.25, 0.3) is 10.2 Å². The maximum atomic E-state index is 9.28. The van der Waals surface area contributed by atoms with Crippen LogP contribution in [-0.2, 0) is 13.0 Å². The molecule has 0 radical (unpaired) electrons. The van der Waals surface area contributed by atoms with Crippen LogP contribution in [0.2, 0.25) is 5.28 Å². The van der Waals surface area contributed by atoms with Gasteiger partial charge in [0.2, 0.25) is 5.28 Å². The summed E-state index contributed by atoms with van der Waals surface area (Å²) >= 11 is 7.73. The molecule has 0 aliphatic carbocycles. The van der Waals surface area contributed by atoms with Crippen LogP contribution in [0, 0.1) is 12.8 Å². The van der Waals surface area contributed by atoms with Crippen LogP contribution >= 0.6 is 22.9 Å². The monoisotopic (exact) mass is 351 g/mol. The van der Waals surface area contributed by atoms with Gasteiger partial charge in [-0.1, -0.05) is 6.92 Å². The molecule has 3 aromatic heterocycles. The zero-order valence-electron chi connectivity index (χ0n) is 13.0. The van der Waals surface area contributed by atoms with Crippen molar-refractivity contribution in [3.63, 3.8) is 0 Å². The Kier molecular flexibility index (Phi) is 4.84. The molecule has 23 heavy (non-hydrogen) atoms. The molecule has 3 heterocycles. The average molecular weight is 352 g/mol. The van der Waals surface area contributed by atoms with E-state index in [0.29, 0.717) is 12.4 Å². The Bertz CT molecular complexity index is 801. The highest BCUT2D eigenvalue weighted by Crippen LogP contribution is 2.36. The zero-order valence-corrected chi connectivity index (χ0v) is 14.5. The van der Waals surface area contributed by atoms with Crippen molar-refractivity contribution in [2.45, 2.75) is 26.8 Å². The number of halogens is 1. The largest absolute Gasteiger partial charge is 0.467 e. The molecule has 0 amide bonds. The van der Waals surface area contributed by atoms with E-state index in [1.54, 1.807) is 17.6 Å². The van der Waals surface area contributed by atoms with Gasteiger partial charge in [0, 0.05) is 11.5 Å². The molecular weight excluding hydrogens is 334 g/mol. The molecule has 122 valence electrons. The lowest BCUT2D eigenvalue weighted by molar-refractivity contribution is 0.237. The van der Waals surface area contributed by atoms with E-state index in [1.807, 2.05) is 26.0 Å². The van der Waals surface area contributed by atoms with Gasteiger partial charge in [0.1, 0.15) is 11.6 Å². The molecule has 7 heteroatoms. The van der Waals surface area contributed by atoms with Crippen molar-refractivity contribution in [2.24, 2.45) is 5.92 Å². The van der Waals surface area contributed by atoms with Crippen LogP contribution < -0.4 is 5.32 Å². The zero-order chi connectivity index (χ0) is 16.4. The maximum Gasteiger partial charge on any atom is 0.224 e.